The van der Waals surface area contributed by atoms with Crippen LogP contribution in [0.25, 0.3) is 11.0 Å². The van der Waals surface area contributed by atoms with Crippen molar-refractivity contribution < 1.29 is 4.79 Å². The molecule has 29 heavy (non-hydrogen) atoms. The summed E-state index contributed by atoms with van der Waals surface area (Å²) < 4.78 is 1.73. The Morgan fingerprint density at radius 3 is 2.66 bits per heavy atom. The van der Waals surface area contributed by atoms with E-state index in [1.165, 1.54) is 0 Å². The summed E-state index contributed by atoms with van der Waals surface area (Å²) in [7, 11) is 1.86. The molecule has 1 saturated heterocycles. The van der Waals surface area contributed by atoms with Crippen LogP contribution in [0.1, 0.15) is 22.5 Å². The largest absolute Gasteiger partial charge is 0.352 e. The number of carbonyl (C=O) groups excluding carboxylic acids is 1. The first kappa shape index (κ1) is 19.3. The zero-order valence-electron chi connectivity index (χ0n) is 16.9. The molecular formula is C20H26N8O. The smallest absolute Gasteiger partial charge is 0.252 e. The van der Waals surface area contributed by atoms with Gasteiger partial charge < -0.3 is 10.2 Å². The van der Waals surface area contributed by atoms with E-state index < -0.39 is 0 Å². The van der Waals surface area contributed by atoms with Gasteiger partial charge in [-0.2, -0.15) is 5.10 Å². The minimum atomic E-state index is -0.0892. The Kier molecular flexibility index (Phi) is 5.66. The number of piperazine rings is 1. The van der Waals surface area contributed by atoms with Gasteiger partial charge in [-0.05, 0) is 32.0 Å². The maximum atomic E-state index is 12.4. The summed E-state index contributed by atoms with van der Waals surface area (Å²) in [6.45, 7) is 7.34. The number of nitrogens with one attached hydrogen (secondary N) is 1. The molecule has 0 atom stereocenters. The molecule has 0 spiro atoms. The number of hydrogen-bond acceptors (Lipinski definition) is 7. The number of hydrogen-bond donors (Lipinski definition) is 1. The van der Waals surface area contributed by atoms with Gasteiger partial charge >= 0.3 is 0 Å². The van der Waals surface area contributed by atoms with Crippen LogP contribution in [0.2, 0.25) is 0 Å². The number of nitrogens with zero attached hydrogens (tertiary/aromatic N) is 7. The molecule has 0 bridgehead atoms. The van der Waals surface area contributed by atoms with Crippen LogP contribution in [0.3, 0.4) is 0 Å². The van der Waals surface area contributed by atoms with Crippen molar-refractivity contribution in [3.05, 3.63) is 42.0 Å². The minimum absolute atomic E-state index is 0.0892. The highest BCUT2D eigenvalue weighted by atomic mass is 16.1. The van der Waals surface area contributed by atoms with Crippen LogP contribution in [-0.2, 0) is 7.05 Å². The highest BCUT2D eigenvalue weighted by Crippen LogP contribution is 2.16. The summed E-state index contributed by atoms with van der Waals surface area (Å²) in [5.41, 5.74) is 2.24. The van der Waals surface area contributed by atoms with Crippen molar-refractivity contribution >= 4 is 22.9 Å². The average Bonchev–Trinajstić information content (AvgIpc) is 3.05. The third-order valence-corrected chi connectivity index (χ3v) is 5.27. The molecule has 0 saturated carbocycles. The van der Waals surface area contributed by atoms with E-state index in [-0.39, 0.29) is 5.91 Å². The first-order chi connectivity index (χ1) is 14.1. The molecule has 0 aliphatic carbocycles. The van der Waals surface area contributed by atoms with Gasteiger partial charge in [0.05, 0.1) is 11.3 Å². The fraction of sp³-hybridized carbons (Fsp3) is 0.450. The number of aromatic nitrogens is 5. The Balaban J connectivity index is 1.21. The summed E-state index contributed by atoms with van der Waals surface area (Å²) in [6, 6.07) is 3.70. The summed E-state index contributed by atoms with van der Waals surface area (Å²) in [5.74, 6) is 0.711. The van der Waals surface area contributed by atoms with Gasteiger partial charge in [0.25, 0.3) is 5.91 Å². The molecule has 0 radical (unpaired) electrons. The van der Waals surface area contributed by atoms with E-state index in [1.807, 2.05) is 26.1 Å². The Morgan fingerprint density at radius 2 is 1.90 bits per heavy atom. The second-order valence-electron chi connectivity index (χ2n) is 7.29. The number of fused-ring (bicyclic) bond motifs is 1. The standard InChI is InChI=1S/C20H26N8O/c1-15-17-13-16(14-24-18(17)26(2)25-15)19(29)21-7-4-8-27-9-11-28(12-10-27)20-22-5-3-6-23-20/h3,5-6,13-14H,4,7-12H2,1-2H3,(H,21,29). The van der Waals surface area contributed by atoms with E-state index in [9.17, 15) is 4.79 Å². The molecule has 1 fully saturated rings. The molecule has 3 aromatic heterocycles. The van der Waals surface area contributed by atoms with Crippen LogP contribution in [0, 0.1) is 6.92 Å². The monoisotopic (exact) mass is 394 g/mol. The highest BCUT2D eigenvalue weighted by Gasteiger charge is 2.18. The topological polar surface area (TPSA) is 92.1 Å². The third kappa shape index (κ3) is 4.34. The minimum Gasteiger partial charge on any atom is -0.352 e. The van der Waals surface area contributed by atoms with Crippen LogP contribution < -0.4 is 10.2 Å². The summed E-state index contributed by atoms with van der Waals surface area (Å²) in [6.07, 6.45) is 6.08. The molecule has 1 amide bonds. The third-order valence-electron chi connectivity index (χ3n) is 5.27. The van der Waals surface area contributed by atoms with E-state index in [0.29, 0.717) is 12.1 Å². The summed E-state index contributed by atoms with van der Waals surface area (Å²) in [4.78, 5) is 30.1. The maximum Gasteiger partial charge on any atom is 0.252 e. The van der Waals surface area contributed by atoms with Crippen LogP contribution in [0.5, 0.6) is 0 Å². The van der Waals surface area contributed by atoms with Crippen LogP contribution in [0.15, 0.2) is 30.7 Å². The van der Waals surface area contributed by atoms with Gasteiger partial charge in [-0.25, -0.2) is 15.0 Å². The van der Waals surface area contributed by atoms with Crippen molar-refractivity contribution in [3.8, 4) is 0 Å². The fourth-order valence-corrected chi connectivity index (χ4v) is 3.66. The van der Waals surface area contributed by atoms with Crippen molar-refractivity contribution in [2.24, 2.45) is 7.05 Å². The number of amides is 1. The molecule has 152 valence electrons. The first-order valence-electron chi connectivity index (χ1n) is 9.93. The Morgan fingerprint density at radius 1 is 1.14 bits per heavy atom. The van der Waals surface area contributed by atoms with Crippen molar-refractivity contribution in [1.29, 1.82) is 0 Å². The average molecular weight is 394 g/mol. The van der Waals surface area contributed by atoms with Crippen molar-refractivity contribution in [2.75, 3.05) is 44.2 Å². The molecule has 9 nitrogen and oxygen atoms in total. The second-order valence-corrected chi connectivity index (χ2v) is 7.29. The normalized spacial score (nSPS) is 15.0. The molecule has 1 aliphatic rings. The molecule has 9 heteroatoms. The Bertz CT molecular complexity index is 979. The SMILES string of the molecule is Cc1nn(C)c2ncc(C(=O)NCCCN3CCN(c4ncccn4)CC3)cc12. The quantitative estimate of drug-likeness (QED) is 0.624. The molecule has 0 unspecified atom stereocenters. The zero-order valence-corrected chi connectivity index (χ0v) is 16.9. The van der Waals surface area contributed by atoms with E-state index >= 15 is 0 Å². The van der Waals surface area contributed by atoms with Crippen molar-refractivity contribution in [2.45, 2.75) is 13.3 Å². The van der Waals surface area contributed by atoms with Gasteiger partial charge in [-0.1, -0.05) is 0 Å². The molecule has 4 heterocycles. The number of aryl methyl sites for hydroxylation is 2. The first-order valence-corrected chi connectivity index (χ1v) is 9.93. The van der Waals surface area contributed by atoms with E-state index in [2.05, 4.69) is 35.2 Å². The van der Waals surface area contributed by atoms with Crippen LogP contribution in [-0.4, -0.2) is 74.8 Å². The van der Waals surface area contributed by atoms with E-state index in [4.69, 9.17) is 0 Å². The van der Waals surface area contributed by atoms with Crippen LogP contribution in [0.4, 0.5) is 5.95 Å². The molecule has 4 rings (SSSR count). The summed E-state index contributed by atoms with van der Waals surface area (Å²) in [5, 5.41) is 8.27. The highest BCUT2D eigenvalue weighted by molar-refractivity contribution is 5.97. The van der Waals surface area contributed by atoms with Crippen molar-refractivity contribution in [3.63, 3.8) is 0 Å². The second kappa shape index (κ2) is 8.52. The lowest BCUT2D eigenvalue weighted by Gasteiger charge is -2.34. The summed E-state index contributed by atoms with van der Waals surface area (Å²) >= 11 is 0. The predicted molar refractivity (Wildman–Crippen MR) is 111 cm³/mol. The molecule has 3 aromatic rings. The van der Waals surface area contributed by atoms with E-state index in [0.717, 1.165) is 61.8 Å². The lowest BCUT2D eigenvalue weighted by molar-refractivity contribution is 0.0951. The van der Waals surface area contributed by atoms with Crippen LogP contribution >= 0.6 is 0 Å². The van der Waals surface area contributed by atoms with Gasteiger partial charge in [0.2, 0.25) is 5.95 Å². The van der Waals surface area contributed by atoms with Gasteiger partial charge in [0, 0.05) is 63.7 Å². The predicted octanol–water partition coefficient (Wildman–Crippen LogP) is 1.01. The molecule has 1 aliphatic heterocycles. The van der Waals surface area contributed by atoms with Gasteiger partial charge in [-0.3, -0.25) is 14.4 Å². The Hall–Kier alpha value is -3.07. The number of pyridine rings is 1. The van der Waals surface area contributed by atoms with Gasteiger partial charge in [-0.15, -0.1) is 0 Å². The van der Waals surface area contributed by atoms with E-state index in [1.54, 1.807) is 23.3 Å². The number of carbonyl (C=O) groups is 1. The lowest BCUT2D eigenvalue weighted by Crippen LogP contribution is -2.47. The maximum absolute atomic E-state index is 12.4. The lowest BCUT2D eigenvalue weighted by atomic mass is 10.2. The Labute approximate surface area is 169 Å². The number of rotatable bonds is 6. The molecule has 0 aromatic carbocycles. The van der Waals surface area contributed by atoms with Gasteiger partial charge in [0.1, 0.15) is 0 Å². The molecular weight excluding hydrogens is 368 g/mol. The molecule has 1 N–H and O–H groups in total. The number of anilines is 1. The van der Waals surface area contributed by atoms with Gasteiger partial charge in [0.15, 0.2) is 5.65 Å². The zero-order chi connectivity index (χ0) is 20.2. The fourth-order valence-electron chi connectivity index (χ4n) is 3.66. The van der Waals surface area contributed by atoms with Crippen molar-refractivity contribution in [1.82, 2.24) is 34.9 Å².